The third-order valence-corrected chi connectivity index (χ3v) is 4.09. The summed E-state index contributed by atoms with van der Waals surface area (Å²) in [5.74, 6) is -0.639. The van der Waals surface area contributed by atoms with Gasteiger partial charge >= 0.3 is 5.97 Å². The van der Waals surface area contributed by atoms with Gasteiger partial charge in [-0.1, -0.05) is 0 Å². The van der Waals surface area contributed by atoms with Crippen LogP contribution in [0.4, 0.5) is 0 Å². The lowest BCUT2D eigenvalue weighted by Crippen LogP contribution is -2.51. The molecule has 1 unspecified atom stereocenters. The number of carboxylic acid groups (broad SMARTS) is 1. The summed E-state index contributed by atoms with van der Waals surface area (Å²) in [7, 11) is 2.16. The SMILES string of the molecule is CC1CN(CC2(CC(=O)O)CC2)CCN1C. The largest absolute Gasteiger partial charge is 0.481 e. The average molecular weight is 226 g/mol. The maximum absolute atomic E-state index is 10.8. The number of carbonyl (C=O) groups is 1. The van der Waals surface area contributed by atoms with Crippen LogP contribution in [-0.4, -0.2) is 60.1 Å². The van der Waals surface area contributed by atoms with Gasteiger partial charge in [-0.3, -0.25) is 9.69 Å². The van der Waals surface area contributed by atoms with Crippen LogP contribution in [0.25, 0.3) is 0 Å². The maximum atomic E-state index is 10.8. The Morgan fingerprint density at radius 3 is 2.62 bits per heavy atom. The second-order valence-corrected chi connectivity index (χ2v) is 5.64. The second-order valence-electron chi connectivity index (χ2n) is 5.64. The van der Waals surface area contributed by atoms with Gasteiger partial charge in [0.05, 0.1) is 6.42 Å². The van der Waals surface area contributed by atoms with Crippen molar-refractivity contribution in [2.45, 2.75) is 32.2 Å². The summed E-state index contributed by atoms with van der Waals surface area (Å²) in [5.41, 5.74) is 0.113. The van der Waals surface area contributed by atoms with E-state index in [1.807, 2.05) is 0 Å². The molecule has 0 amide bonds. The number of rotatable bonds is 4. The Kier molecular flexibility index (Phi) is 3.22. The molecule has 2 rings (SSSR count). The number of hydrogen-bond donors (Lipinski definition) is 1. The molecule has 1 heterocycles. The van der Waals surface area contributed by atoms with E-state index in [2.05, 4.69) is 23.8 Å². The van der Waals surface area contributed by atoms with E-state index in [1.165, 1.54) is 0 Å². The highest BCUT2D eigenvalue weighted by molar-refractivity contribution is 5.68. The molecule has 0 aromatic rings. The average Bonchev–Trinajstić information content (AvgIpc) is 2.90. The minimum absolute atomic E-state index is 0.113. The predicted molar refractivity (Wildman–Crippen MR) is 62.5 cm³/mol. The van der Waals surface area contributed by atoms with Crippen molar-refractivity contribution >= 4 is 5.97 Å². The Morgan fingerprint density at radius 1 is 1.44 bits per heavy atom. The van der Waals surface area contributed by atoms with Crippen LogP contribution in [0.15, 0.2) is 0 Å². The molecule has 0 spiro atoms. The molecule has 0 radical (unpaired) electrons. The fourth-order valence-electron chi connectivity index (χ4n) is 2.63. The van der Waals surface area contributed by atoms with Crippen molar-refractivity contribution in [3.8, 4) is 0 Å². The smallest absolute Gasteiger partial charge is 0.303 e. The molecule has 4 heteroatoms. The fraction of sp³-hybridized carbons (Fsp3) is 0.917. The standard InChI is InChI=1S/C12H22N2O2/c1-10-8-14(6-5-13(10)2)9-12(3-4-12)7-11(15)16/h10H,3-9H2,1-2H3,(H,15,16). The van der Waals surface area contributed by atoms with Gasteiger partial charge in [0.1, 0.15) is 0 Å². The molecule has 1 saturated carbocycles. The molecule has 0 bridgehead atoms. The third kappa shape index (κ3) is 2.74. The number of likely N-dealkylation sites (N-methyl/N-ethyl adjacent to an activating group) is 1. The van der Waals surface area contributed by atoms with Gasteiger partial charge in [0.25, 0.3) is 0 Å². The quantitative estimate of drug-likeness (QED) is 0.773. The molecule has 1 aliphatic heterocycles. The van der Waals surface area contributed by atoms with Crippen LogP contribution in [0.5, 0.6) is 0 Å². The summed E-state index contributed by atoms with van der Waals surface area (Å²) in [4.78, 5) is 15.6. The molecule has 2 fully saturated rings. The van der Waals surface area contributed by atoms with Crippen molar-refractivity contribution in [3.63, 3.8) is 0 Å². The third-order valence-electron chi connectivity index (χ3n) is 4.09. The van der Waals surface area contributed by atoms with Crippen LogP contribution in [0, 0.1) is 5.41 Å². The van der Waals surface area contributed by atoms with Gasteiger partial charge in [-0.05, 0) is 32.2 Å². The van der Waals surface area contributed by atoms with Crippen molar-refractivity contribution in [1.29, 1.82) is 0 Å². The zero-order chi connectivity index (χ0) is 11.8. The van der Waals surface area contributed by atoms with E-state index in [0.29, 0.717) is 12.5 Å². The Balaban J connectivity index is 1.84. The van der Waals surface area contributed by atoms with Crippen LogP contribution in [0.1, 0.15) is 26.2 Å². The molecular weight excluding hydrogens is 204 g/mol. The highest BCUT2D eigenvalue weighted by Gasteiger charge is 2.45. The first-order valence-electron chi connectivity index (χ1n) is 6.15. The molecular formula is C12H22N2O2. The summed E-state index contributed by atoms with van der Waals surface area (Å²) in [6.45, 7) is 6.49. The minimum atomic E-state index is -0.639. The first-order chi connectivity index (χ1) is 7.51. The molecule has 0 aromatic heterocycles. The highest BCUT2D eigenvalue weighted by atomic mass is 16.4. The van der Waals surface area contributed by atoms with E-state index in [0.717, 1.165) is 39.0 Å². The molecule has 92 valence electrons. The van der Waals surface area contributed by atoms with Crippen molar-refractivity contribution in [2.75, 3.05) is 33.2 Å². The first kappa shape index (κ1) is 11.9. The van der Waals surface area contributed by atoms with E-state index in [-0.39, 0.29) is 5.41 Å². The predicted octanol–water partition coefficient (Wildman–Crippen LogP) is 0.877. The minimum Gasteiger partial charge on any atom is -0.481 e. The van der Waals surface area contributed by atoms with Gasteiger partial charge in [-0.15, -0.1) is 0 Å². The van der Waals surface area contributed by atoms with Gasteiger partial charge in [0.2, 0.25) is 0 Å². The zero-order valence-corrected chi connectivity index (χ0v) is 10.3. The highest BCUT2D eigenvalue weighted by Crippen LogP contribution is 2.49. The van der Waals surface area contributed by atoms with Gasteiger partial charge in [0.15, 0.2) is 0 Å². The molecule has 1 atom stereocenters. The van der Waals surface area contributed by atoms with Gasteiger partial charge < -0.3 is 10.0 Å². The van der Waals surface area contributed by atoms with Crippen LogP contribution in [-0.2, 0) is 4.79 Å². The number of piperazine rings is 1. The Morgan fingerprint density at radius 2 is 2.12 bits per heavy atom. The number of carboxylic acids is 1. The van der Waals surface area contributed by atoms with Gasteiger partial charge in [-0.25, -0.2) is 0 Å². The molecule has 2 aliphatic rings. The molecule has 16 heavy (non-hydrogen) atoms. The summed E-state index contributed by atoms with van der Waals surface area (Å²) in [6.07, 6.45) is 2.55. The number of hydrogen-bond acceptors (Lipinski definition) is 3. The molecule has 1 saturated heterocycles. The Labute approximate surface area is 97.2 Å². The lowest BCUT2D eigenvalue weighted by Gasteiger charge is -2.39. The summed E-state index contributed by atoms with van der Waals surface area (Å²) in [5, 5.41) is 8.89. The van der Waals surface area contributed by atoms with Crippen molar-refractivity contribution in [2.24, 2.45) is 5.41 Å². The summed E-state index contributed by atoms with van der Waals surface area (Å²) >= 11 is 0. The van der Waals surface area contributed by atoms with Gasteiger partial charge in [-0.2, -0.15) is 0 Å². The van der Waals surface area contributed by atoms with Crippen molar-refractivity contribution in [3.05, 3.63) is 0 Å². The normalized spacial score (nSPS) is 30.2. The van der Waals surface area contributed by atoms with Crippen molar-refractivity contribution < 1.29 is 9.90 Å². The van der Waals surface area contributed by atoms with Crippen LogP contribution in [0.2, 0.25) is 0 Å². The van der Waals surface area contributed by atoms with E-state index in [1.54, 1.807) is 0 Å². The number of aliphatic carboxylic acids is 1. The van der Waals surface area contributed by atoms with Gasteiger partial charge in [0, 0.05) is 32.2 Å². The topological polar surface area (TPSA) is 43.8 Å². The Bertz CT molecular complexity index is 276. The number of nitrogens with zero attached hydrogens (tertiary/aromatic N) is 2. The van der Waals surface area contributed by atoms with E-state index in [4.69, 9.17) is 5.11 Å². The molecule has 1 aliphatic carbocycles. The lowest BCUT2D eigenvalue weighted by atomic mass is 10.0. The summed E-state index contributed by atoms with van der Waals surface area (Å²) < 4.78 is 0. The Hall–Kier alpha value is -0.610. The lowest BCUT2D eigenvalue weighted by molar-refractivity contribution is -0.138. The van der Waals surface area contributed by atoms with E-state index < -0.39 is 5.97 Å². The van der Waals surface area contributed by atoms with E-state index in [9.17, 15) is 4.79 Å². The van der Waals surface area contributed by atoms with Crippen LogP contribution in [0.3, 0.4) is 0 Å². The first-order valence-corrected chi connectivity index (χ1v) is 6.15. The molecule has 1 N–H and O–H groups in total. The van der Waals surface area contributed by atoms with E-state index >= 15 is 0 Å². The summed E-state index contributed by atoms with van der Waals surface area (Å²) in [6, 6.07) is 0.592. The monoisotopic (exact) mass is 226 g/mol. The molecule has 0 aromatic carbocycles. The molecule has 4 nitrogen and oxygen atoms in total. The van der Waals surface area contributed by atoms with Crippen LogP contribution >= 0.6 is 0 Å². The second kappa shape index (κ2) is 4.34. The van der Waals surface area contributed by atoms with Crippen molar-refractivity contribution in [1.82, 2.24) is 9.80 Å². The zero-order valence-electron chi connectivity index (χ0n) is 10.3. The fourth-order valence-corrected chi connectivity index (χ4v) is 2.63. The maximum Gasteiger partial charge on any atom is 0.303 e. The van der Waals surface area contributed by atoms with Crippen LogP contribution < -0.4 is 0 Å².